The maximum atomic E-state index is 13.5. The summed E-state index contributed by atoms with van der Waals surface area (Å²) < 4.78 is 27.0. The molecule has 3 N–H and O–H groups in total. The summed E-state index contributed by atoms with van der Waals surface area (Å²) in [6.07, 6.45) is 2.92. The van der Waals surface area contributed by atoms with Gasteiger partial charge in [-0.25, -0.2) is 18.7 Å². The number of carbonyl (C=O) groups is 1. The molecular formula is C13H8F2N4OS. The van der Waals surface area contributed by atoms with Crippen molar-refractivity contribution in [2.45, 2.75) is 0 Å². The Morgan fingerprint density at radius 3 is 2.52 bits per heavy atom. The summed E-state index contributed by atoms with van der Waals surface area (Å²) >= 11 is 1.01. The second-order valence-corrected chi connectivity index (χ2v) is 5.10. The predicted octanol–water partition coefficient (Wildman–Crippen LogP) is 2.80. The average molecular weight is 306 g/mol. The summed E-state index contributed by atoms with van der Waals surface area (Å²) in [5.74, 6) is -2.43. The lowest BCUT2D eigenvalue weighted by Crippen LogP contribution is -2.14. The second-order valence-electron chi connectivity index (χ2n) is 4.11. The first-order valence-corrected chi connectivity index (χ1v) is 6.64. The zero-order valence-corrected chi connectivity index (χ0v) is 11.2. The predicted molar refractivity (Wildman–Crippen MR) is 76.1 cm³/mol. The van der Waals surface area contributed by atoms with Gasteiger partial charge >= 0.3 is 0 Å². The van der Waals surface area contributed by atoms with Gasteiger partial charge in [-0.05, 0) is 12.1 Å². The molecule has 0 fully saturated rings. The van der Waals surface area contributed by atoms with Crippen LogP contribution in [0.3, 0.4) is 0 Å². The number of hydrogen-bond acceptors (Lipinski definition) is 5. The van der Waals surface area contributed by atoms with Gasteiger partial charge in [-0.1, -0.05) is 6.07 Å². The number of rotatable bonds is 2. The van der Waals surface area contributed by atoms with Crippen LogP contribution in [0.25, 0.3) is 10.3 Å². The Labute approximate surface area is 121 Å². The number of nitrogens with two attached hydrogens (primary N) is 1. The van der Waals surface area contributed by atoms with E-state index in [9.17, 15) is 13.6 Å². The summed E-state index contributed by atoms with van der Waals surface area (Å²) in [4.78, 5) is 20.8. The number of hydrogen-bond donors (Lipinski definition) is 2. The van der Waals surface area contributed by atoms with Gasteiger partial charge in [-0.3, -0.25) is 4.79 Å². The molecule has 0 aliphatic heterocycles. The van der Waals surface area contributed by atoms with Crippen molar-refractivity contribution in [1.82, 2.24) is 9.97 Å². The Morgan fingerprint density at radius 2 is 1.86 bits per heavy atom. The fraction of sp³-hybridized carbons (Fsp3) is 0. The number of fused-ring (bicyclic) bond motifs is 1. The molecule has 1 amide bonds. The van der Waals surface area contributed by atoms with Crippen LogP contribution in [0, 0.1) is 11.6 Å². The molecule has 2 heterocycles. The Morgan fingerprint density at radius 1 is 1.19 bits per heavy atom. The van der Waals surface area contributed by atoms with Gasteiger partial charge in [-0.15, -0.1) is 11.3 Å². The minimum atomic E-state index is -0.862. The molecule has 0 saturated heterocycles. The van der Waals surface area contributed by atoms with Crippen LogP contribution in [-0.4, -0.2) is 15.9 Å². The van der Waals surface area contributed by atoms with E-state index in [0.717, 1.165) is 23.5 Å². The minimum absolute atomic E-state index is 0.110. The van der Waals surface area contributed by atoms with Crippen molar-refractivity contribution in [3.8, 4) is 0 Å². The topological polar surface area (TPSA) is 80.9 Å². The summed E-state index contributed by atoms with van der Waals surface area (Å²) in [5.41, 5.74) is 5.84. The lowest BCUT2D eigenvalue weighted by Gasteiger charge is -2.06. The quantitative estimate of drug-likeness (QED) is 0.763. The van der Waals surface area contributed by atoms with Gasteiger partial charge in [0, 0.05) is 12.4 Å². The van der Waals surface area contributed by atoms with Crippen LogP contribution in [0.15, 0.2) is 30.6 Å². The lowest BCUT2D eigenvalue weighted by molar-refractivity contribution is 0.103. The van der Waals surface area contributed by atoms with Crippen LogP contribution >= 0.6 is 11.3 Å². The molecule has 0 spiro atoms. The number of anilines is 2. The molecule has 0 atom stereocenters. The van der Waals surface area contributed by atoms with E-state index in [1.807, 2.05) is 0 Å². The smallest absolute Gasteiger partial charge is 0.268 e. The van der Waals surface area contributed by atoms with Crippen LogP contribution < -0.4 is 11.1 Å². The van der Waals surface area contributed by atoms with E-state index < -0.39 is 23.2 Å². The third-order valence-corrected chi connectivity index (χ3v) is 3.87. The number of carbonyl (C=O) groups excluding carboxylic acids is 1. The molecule has 0 bridgehead atoms. The van der Waals surface area contributed by atoms with Crippen LogP contribution in [0.1, 0.15) is 9.67 Å². The molecule has 21 heavy (non-hydrogen) atoms. The van der Waals surface area contributed by atoms with Crippen molar-refractivity contribution in [1.29, 1.82) is 0 Å². The standard InChI is InChI=1S/C13H8F2N4OS/c14-6-2-1-3-7(15)9(6)19-12(20)11-8(16)10-13(21-11)18-5-4-17-10/h1-5H,16H2,(H,19,20). The summed E-state index contributed by atoms with van der Waals surface area (Å²) in [6.45, 7) is 0. The molecule has 5 nitrogen and oxygen atoms in total. The molecule has 106 valence electrons. The Hall–Kier alpha value is -2.61. The van der Waals surface area contributed by atoms with E-state index in [-0.39, 0.29) is 10.6 Å². The first-order chi connectivity index (χ1) is 10.1. The number of benzene rings is 1. The molecule has 3 rings (SSSR count). The lowest BCUT2D eigenvalue weighted by atomic mass is 10.2. The number of thiophene rings is 1. The van der Waals surface area contributed by atoms with Crippen molar-refractivity contribution >= 4 is 39.0 Å². The molecule has 0 aliphatic rings. The van der Waals surface area contributed by atoms with Crippen LogP contribution in [0.4, 0.5) is 20.2 Å². The van der Waals surface area contributed by atoms with Crippen molar-refractivity contribution in [2.75, 3.05) is 11.1 Å². The summed E-state index contributed by atoms with van der Waals surface area (Å²) in [7, 11) is 0. The van der Waals surface area contributed by atoms with Gasteiger partial charge in [0.05, 0.1) is 5.69 Å². The van der Waals surface area contributed by atoms with E-state index >= 15 is 0 Å². The second kappa shape index (κ2) is 5.06. The van der Waals surface area contributed by atoms with Gasteiger partial charge < -0.3 is 11.1 Å². The average Bonchev–Trinajstić information content (AvgIpc) is 2.81. The largest absolute Gasteiger partial charge is 0.396 e. The highest BCUT2D eigenvalue weighted by atomic mass is 32.1. The fourth-order valence-electron chi connectivity index (χ4n) is 1.80. The number of nitrogens with one attached hydrogen (secondary N) is 1. The third-order valence-electron chi connectivity index (χ3n) is 2.77. The maximum absolute atomic E-state index is 13.5. The van der Waals surface area contributed by atoms with Crippen molar-refractivity contribution in [2.24, 2.45) is 0 Å². The van der Waals surface area contributed by atoms with E-state index in [2.05, 4.69) is 15.3 Å². The Bertz CT molecular complexity index is 829. The van der Waals surface area contributed by atoms with Gasteiger partial charge in [-0.2, -0.15) is 0 Å². The monoisotopic (exact) mass is 306 g/mol. The number of halogens is 2. The van der Waals surface area contributed by atoms with E-state index in [0.29, 0.717) is 10.3 Å². The van der Waals surface area contributed by atoms with Crippen LogP contribution in [0.2, 0.25) is 0 Å². The number of para-hydroxylation sites is 1. The van der Waals surface area contributed by atoms with E-state index in [1.165, 1.54) is 18.5 Å². The molecule has 2 aromatic heterocycles. The van der Waals surface area contributed by atoms with Crippen molar-refractivity contribution < 1.29 is 13.6 Å². The van der Waals surface area contributed by atoms with E-state index in [1.54, 1.807) is 0 Å². The van der Waals surface area contributed by atoms with Crippen molar-refractivity contribution in [3.63, 3.8) is 0 Å². The first kappa shape index (κ1) is 13.4. The normalized spacial score (nSPS) is 10.8. The highest BCUT2D eigenvalue weighted by molar-refractivity contribution is 7.21. The van der Waals surface area contributed by atoms with Gasteiger partial charge in [0.25, 0.3) is 5.91 Å². The zero-order valence-electron chi connectivity index (χ0n) is 10.4. The highest BCUT2D eigenvalue weighted by Crippen LogP contribution is 2.31. The molecule has 0 saturated carbocycles. The molecular weight excluding hydrogens is 298 g/mol. The van der Waals surface area contributed by atoms with Gasteiger partial charge in [0.1, 0.15) is 32.5 Å². The molecule has 0 aliphatic carbocycles. The number of aromatic nitrogens is 2. The SMILES string of the molecule is Nc1c(C(=O)Nc2c(F)cccc2F)sc2nccnc12. The first-order valence-electron chi connectivity index (χ1n) is 5.82. The maximum Gasteiger partial charge on any atom is 0.268 e. The molecule has 0 radical (unpaired) electrons. The Balaban J connectivity index is 2.00. The number of amides is 1. The van der Waals surface area contributed by atoms with Crippen LogP contribution in [-0.2, 0) is 0 Å². The zero-order chi connectivity index (χ0) is 15.0. The summed E-state index contributed by atoms with van der Waals surface area (Å²) in [6, 6.07) is 3.31. The third kappa shape index (κ3) is 2.29. The number of nitrogens with zero attached hydrogens (tertiary/aromatic N) is 2. The fourth-order valence-corrected chi connectivity index (χ4v) is 2.72. The number of nitrogen functional groups attached to an aromatic ring is 1. The van der Waals surface area contributed by atoms with Crippen LogP contribution in [0.5, 0.6) is 0 Å². The van der Waals surface area contributed by atoms with Gasteiger partial charge in [0.15, 0.2) is 0 Å². The molecule has 8 heteroatoms. The van der Waals surface area contributed by atoms with Crippen molar-refractivity contribution in [3.05, 3.63) is 47.1 Å². The van der Waals surface area contributed by atoms with Gasteiger partial charge in [0.2, 0.25) is 0 Å². The molecule has 1 aromatic carbocycles. The summed E-state index contributed by atoms with van der Waals surface area (Å²) in [5, 5.41) is 2.18. The van der Waals surface area contributed by atoms with E-state index in [4.69, 9.17) is 5.73 Å². The molecule has 3 aromatic rings. The minimum Gasteiger partial charge on any atom is -0.396 e. The Kier molecular flexibility index (Phi) is 3.22. The highest BCUT2D eigenvalue weighted by Gasteiger charge is 2.20. The molecule has 0 unspecified atom stereocenters.